The SMILES string of the molecule is CC1CS(=O)(=O)CCN1CC1(C(=O)O)CCCOC1. The summed E-state index contributed by atoms with van der Waals surface area (Å²) in [5.74, 6) is -0.606. The van der Waals surface area contributed by atoms with Gasteiger partial charge in [-0.15, -0.1) is 0 Å². The Kier molecular flexibility index (Phi) is 4.17. The van der Waals surface area contributed by atoms with Crippen LogP contribution in [0.2, 0.25) is 0 Å². The number of hydrogen-bond acceptors (Lipinski definition) is 5. The van der Waals surface area contributed by atoms with E-state index in [1.165, 1.54) is 0 Å². The van der Waals surface area contributed by atoms with E-state index >= 15 is 0 Å². The lowest BCUT2D eigenvalue weighted by Crippen LogP contribution is -2.55. The van der Waals surface area contributed by atoms with Crippen LogP contribution in [0.4, 0.5) is 0 Å². The van der Waals surface area contributed by atoms with Crippen molar-refractivity contribution in [2.24, 2.45) is 5.41 Å². The van der Waals surface area contributed by atoms with Crippen molar-refractivity contribution in [1.82, 2.24) is 4.90 Å². The molecule has 0 aromatic carbocycles. The zero-order valence-corrected chi connectivity index (χ0v) is 12.0. The van der Waals surface area contributed by atoms with Gasteiger partial charge in [0.2, 0.25) is 0 Å². The third-order valence-electron chi connectivity index (χ3n) is 4.09. The minimum absolute atomic E-state index is 0.115. The van der Waals surface area contributed by atoms with Crippen molar-refractivity contribution in [3.05, 3.63) is 0 Å². The summed E-state index contributed by atoms with van der Waals surface area (Å²) in [4.78, 5) is 13.5. The Morgan fingerprint density at radius 2 is 2.26 bits per heavy atom. The number of sulfone groups is 1. The molecule has 0 aliphatic carbocycles. The van der Waals surface area contributed by atoms with Crippen LogP contribution in [0, 0.1) is 5.41 Å². The van der Waals surface area contributed by atoms with Crippen LogP contribution in [-0.2, 0) is 19.4 Å². The predicted molar refractivity (Wildman–Crippen MR) is 69.8 cm³/mol. The van der Waals surface area contributed by atoms with Crippen LogP contribution in [0.25, 0.3) is 0 Å². The number of carboxylic acid groups (broad SMARTS) is 1. The zero-order valence-electron chi connectivity index (χ0n) is 11.2. The molecule has 0 amide bonds. The number of ether oxygens (including phenoxy) is 1. The number of carboxylic acids is 1. The number of aliphatic carboxylic acids is 1. The molecule has 0 aromatic rings. The quantitative estimate of drug-likeness (QED) is 0.787. The smallest absolute Gasteiger partial charge is 0.313 e. The van der Waals surface area contributed by atoms with Gasteiger partial charge in [-0.05, 0) is 19.8 Å². The molecule has 0 aromatic heterocycles. The first-order valence-corrected chi connectivity index (χ1v) is 8.42. The fourth-order valence-corrected chi connectivity index (χ4v) is 4.50. The molecule has 0 radical (unpaired) electrons. The standard InChI is InChI=1S/C12H21NO5S/c1-10-7-19(16,17)6-4-13(10)8-12(11(14)15)3-2-5-18-9-12/h10H,2-9H2,1H3,(H,14,15). The van der Waals surface area contributed by atoms with E-state index in [-0.39, 0.29) is 24.2 Å². The summed E-state index contributed by atoms with van der Waals surface area (Å²) in [6.45, 7) is 3.46. The van der Waals surface area contributed by atoms with Crippen LogP contribution in [-0.4, -0.2) is 68.2 Å². The zero-order chi connectivity index (χ0) is 14.1. The van der Waals surface area contributed by atoms with Crippen molar-refractivity contribution >= 4 is 15.8 Å². The Labute approximate surface area is 113 Å². The van der Waals surface area contributed by atoms with Gasteiger partial charge in [-0.2, -0.15) is 0 Å². The number of carbonyl (C=O) groups is 1. The van der Waals surface area contributed by atoms with E-state index in [0.717, 1.165) is 6.42 Å². The maximum Gasteiger partial charge on any atom is 0.313 e. The highest BCUT2D eigenvalue weighted by Gasteiger charge is 2.44. The monoisotopic (exact) mass is 291 g/mol. The van der Waals surface area contributed by atoms with Gasteiger partial charge in [0.25, 0.3) is 0 Å². The van der Waals surface area contributed by atoms with Gasteiger partial charge in [-0.25, -0.2) is 8.42 Å². The van der Waals surface area contributed by atoms with Crippen LogP contribution in [0.15, 0.2) is 0 Å². The summed E-state index contributed by atoms with van der Waals surface area (Å²) in [6.07, 6.45) is 1.34. The highest BCUT2D eigenvalue weighted by atomic mass is 32.2. The van der Waals surface area contributed by atoms with Gasteiger partial charge in [-0.3, -0.25) is 9.69 Å². The predicted octanol–water partition coefficient (Wildman–Crippen LogP) is -0.0133. The van der Waals surface area contributed by atoms with Crippen LogP contribution in [0.3, 0.4) is 0 Å². The Balaban J connectivity index is 2.08. The van der Waals surface area contributed by atoms with E-state index in [4.69, 9.17) is 4.74 Å². The Morgan fingerprint density at radius 1 is 1.53 bits per heavy atom. The number of hydrogen-bond donors (Lipinski definition) is 1. The second kappa shape index (κ2) is 5.38. The molecule has 19 heavy (non-hydrogen) atoms. The third kappa shape index (κ3) is 3.27. The first kappa shape index (κ1) is 14.7. The van der Waals surface area contributed by atoms with Crippen molar-refractivity contribution < 1.29 is 23.1 Å². The second-order valence-corrected chi connectivity index (χ2v) is 7.90. The van der Waals surface area contributed by atoms with E-state index in [2.05, 4.69) is 0 Å². The number of nitrogens with zero attached hydrogens (tertiary/aromatic N) is 1. The van der Waals surface area contributed by atoms with Gasteiger partial charge >= 0.3 is 5.97 Å². The summed E-state index contributed by atoms with van der Waals surface area (Å²) >= 11 is 0. The van der Waals surface area contributed by atoms with Crippen molar-refractivity contribution in [3.8, 4) is 0 Å². The summed E-state index contributed by atoms with van der Waals surface area (Å²) in [7, 11) is -2.97. The summed E-state index contributed by atoms with van der Waals surface area (Å²) in [6, 6.07) is -0.128. The van der Waals surface area contributed by atoms with Crippen molar-refractivity contribution in [1.29, 1.82) is 0 Å². The maximum atomic E-state index is 11.6. The fourth-order valence-electron chi connectivity index (χ4n) is 2.87. The first-order valence-electron chi connectivity index (χ1n) is 6.60. The lowest BCUT2D eigenvalue weighted by Gasteiger charge is -2.41. The molecule has 6 nitrogen and oxygen atoms in total. The molecule has 1 N–H and O–H groups in total. The van der Waals surface area contributed by atoms with Crippen LogP contribution < -0.4 is 0 Å². The number of rotatable bonds is 3. The summed E-state index contributed by atoms with van der Waals surface area (Å²) < 4.78 is 28.4. The average Bonchev–Trinajstić information content (AvgIpc) is 2.33. The molecule has 2 atom stereocenters. The lowest BCUT2D eigenvalue weighted by molar-refractivity contribution is -0.159. The van der Waals surface area contributed by atoms with Gasteiger partial charge in [0.1, 0.15) is 5.41 Å². The molecular formula is C12H21NO5S. The molecule has 0 bridgehead atoms. The van der Waals surface area contributed by atoms with Gasteiger partial charge in [0.15, 0.2) is 9.84 Å². The third-order valence-corrected chi connectivity index (χ3v) is 5.88. The molecule has 2 rings (SSSR count). The van der Waals surface area contributed by atoms with E-state index in [1.807, 2.05) is 11.8 Å². The molecule has 0 saturated carbocycles. The van der Waals surface area contributed by atoms with E-state index < -0.39 is 21.2 Å². The van der Waals surface area contributed by atoms with Crippen molar-refractivity contribution in [3.63, 3.8) is 0 Å². The molecule has 7 heteroatoms. The van der Waals surface area contributed by atoms with Gasteiger partial charge in [-0.1, -0.05) is 0 Å². The second-order valence-electron chi connectivity index (χ2n) is 5.68. The fraction of sp³-hybridized carbons (Fsp3) is 0.917. The minimum atomic E-state index is -2.97. The Morgan fingerprint density at radius 3 is 2.79 bits per heavy atom. The van der Waals surface area contributed by atoms with Gasteiger partial charge < -0.3 is 9.84 Å². The molecular weight excluding hydrogens is 270 g/mol. The maximum absolute atomic E-state index is 11.6. The van der Waals surface area contributed by atoms with Gasteiger partial charge in [0.05, 0.1) is 18.1 Å². The molecule has 2 fully saturated rings. The van der Waals surface area contributed by atoms with E-state index in [1.54, 1.807) is 0 Å². The molecule has 2 heterocycles. The largest absolute Gasteiger partial charge is 0.481 e. The minimum Gasteiger partial charge on any atom is -0.481 e. The molecule has 2 aliphatic heterocycles. The van der Waals surface area contributed by atoms with Gasteiger partial charge in [0, 0.05) is 25.7 Å². The normalized spacial score (nSPS) is 35.9. The highest BCUT2D eigenvalue weighted by molar-refractivity contribution is 7.91. The Hall–Kier alpha value is -0.660. The summed E-state index contributed by atoms with van der Waals surface area (Å²) in [5, 5.41) is 9.48. The molecule has 2 unspecified atom stereocenters. The van der Waals surface area contributed by atoms with Crippen LogP contribution >= 0.6 is 0 Å². The molecule has 110 valence electrons. The molecule has 2 aliphatic rings. The van der Waals surface area contributed by atoms with Crippen molar-refractivity contribution in [2.75, 3.05) is 37.8 Å². The Bertz CT molecular complexity index is 441. The highest BCUT2D eigenvalue weighted by Crippen LogP contribution is 2.31. The topological polar surface area (TPSA) is 83.9 Å². The first-order chi connectivity index (χ1) is 8.85. The molecule has 0 spiro atoms. The van der Waals surface area contributed by atoms with Crippen LogP contribution in [0.1, 0.15) is 19.8 Å². The molecule has 2 saturated heterocycles. The van der Waals surface area contributed by atoms with E-state index in [0.29, 0.717) is 26.1 Å². The summed E-state index contributed by atoms with van der Waals surface area (Å²) in [5.41, 5.74) is -0.881. The average molecular weight is 291 g/mol. The lowest BCUT2D eigenvalue weighted by atomic mass is 9.81. The van der Waals surface area contributed by atoms with Crippen LogP contribution in [0.5, 0.6) is 0 Å². The van der Waals surface area contributed by atoms with E-state index in [9.17, 15) is 18.3 Å². The van der Waals surface area contributed by atoms with Crippen molar-refractivity contribution in [2.45, 2.75) is 25.8 Å².